The van der Waals surface area contributed by atoms with E-state index >= 15 is 0 Å². The Labute approximate surface area is 246 Å². The van der Waals surface area contributed by atoms with Gasteiger partial charge in [0.2, 0.25) is 0 Å². The van der Waals surface area contributed by atoms with Crippen LogP contribution in [0.25, 0.3) is 0 Å². The number of hydrogen-bond donors (Lipinski definition) is 0. The largest absolute Gasteiger partial charge is 0.358 e. The van der Waals surface area contributed by atoms with Gasteiger partial charge in [0.05, 0.1) is 23.1 Å². The molecule has 1 aliphatic carbocycles. The molecule has 2 aromatic rings. The number of morpholine rings is 1. The van der Waals surface area contributed by atoms with Gasteiger partial charge in [-0.3, -0.25) is 9.79 Å². The summed E-state index contributed by atoms with van der Waals surface area (Å²) in [6.45, 7) is 7.38. The van der Waals surface area contributed by atoms with Gasteiger partial charge in [0.15, 0.2) is 9.84 Å². The summed E-state index contributed by atoms with van der Waals surface area (Å²) in [5.74, 6) is 0.415. The molecule has 214 valence electrons. The molecular formula is C30H35Cl2N3O4S. The second-order valence-electron chi connectivity index (χ2n) is 11.9. The van der Waals surface area contributed by atoms with Crippen LogP contribution >= 0.6 is 23.2 Å². The summed E-state index contributed by atoms with van der Waals surface area (Å²) < 4.78 is 32.9. The lowest BCUT2D eigenvalue weighted by atomic mass is 9.89. The van der Waals surface area contributed by atoms with Gasteiger partial charge < -0.3 is 9.64 Å². The quantitative estimate of drug-likeness (QED) is 0.356. The first-order chi connectivity index (χ1) is 18.8. The molecule has 0 N–H and O–H groups in total. The van der Waals surface area contributed by atoms with Crippen LogP contribution in [0.5, 0.6) is 0 Å². The van der Waals surface area contributed by atoms with Crippen molar-refractivity contribution in [2.24, 2.45) is 15.9 Å². The average Bonchev–Trinajstić information content (AvgIpc) is 3.65. The van der Waals surface area contributed by atoms with E-state index in [9.17, 15) is 13.2 Å². The summed E-state index contributed by atoms with van der Waals surface area (Å²) in [7, 11) is -3.54. The van der Waals surface area contributed by atoms with E-state index in [1.54, 1.807) is 39.0 Å². The first-order valence-corrected chi connectivity index (χ1v) is 16.0. The summed E-state index contributed by atoms with van der Waals surface area (Å²) in [5, 5.41) is 1.12. The zero-order valence-corrected chi connectivity index (χ0v) is 25.5. The lowest BCUT2D eigenvalue weighted by Gasteiger charge is -2.48. The fourth-order valence-electron chi connectivity index (χ4n) is 5.43. The van der Waals surface area contributed by atoms with E-state index in [0.717, 1.165) is 29.7 Å². The highest BCUT2D eigenvalue weighted by Crippen LogP contribution is 2.48. The summed E-state index contributed by atoms with van der Waals surface area (Å²) >= 11 is 12.7. The first-order valence-electron chi connectivity index (χ1n) is 13.6. The number of carbonyl (C=O) groups excluding carboxylic acids is 1. The number of ether oxygens (including phenoxy) is 1. The van der Waals surface area contributed by atoms with Crippen LogP contribution in [0.2, 0.25) is 10.0 Å². The van der Waals surface area contributed by atoms with Crippen molar-refractivity contribution in [3.63, 3.8) is 0 Å². The number of amides is 1. The first kappa shape index (κ1) is 29.2. The van der Waals surface area contributed by atoms with E-state index in [2.05, 4.69) is 9.98 Å². The number of halogens is 2. The van der Waals surface area contributed by atoms with Gasteiger partial charge in [0.1, 0.15) is 18.0 Å². The summed E-state index contributed by atoms with van der Waals surface area (Å²) in [6.07, 6.45) is 0.587. The van der Waals surface area contributed by atoms with E-state index < -0.39 is 38.9 Å². The lowest BCUT2D eigenvalue weighted by Crippen LogP contribution is -2.58. The summed E-state index contributed by atoms with van der Waals surface area (Å²) in [4.78, 5) is 25.1. The highest BCUT2D eigenvalue weighted by Gasteiger charge is 2.52. The van der Waals surface area contributed by atoms with Crippen molar-refractivity contribution in [3.8, 4) is 0 Å². The molecule has 0 aromatic heterocycles. The van der Waals surface area contributed by atoms with Gasteiger partial charge in [-0.2, -0.15) is 0 Å². The van der Waals surface area contributed by atoms with E-state index in [-0.39, 0.29) is 24.0 Å². The fraction of sp³-hybridized carbons (Fsp3) is 0.500. The van der Waals surface area contributed by atoms with Crippen LogP contribution in [0.3, 0.4) is 0 Å². The van der Waals surface area contributed by atoms with Crippen LogP contribution in [0, 0.1) is 5.92 Å². The maximum Gasteiger partial charge on any atom is 0.253 e. The Morgan fingerprint density at radius 2 is 1.75 bits per heavy atom. The van der Waals surface area contributed by atoms with Gasteiger partial charge in [-0.15, -0.1) is 0 Å². The Morgan fingerprint density at radius 3 is 2.33 bits per heavy atom. The Bertz CT molecular complexity index is 1450. The standard InChI is InChI=1S/C30H35Cl2N3O4S/c1-18-33-16-24(34-18)15-26-29(36)35(25(19-8-9-19)17-40(37,38)30(2,3)4)27(20-10-12-22(31)13-11-20)28(39-26)21-6-5-7-23(32)14-21/h5-7,10-14,19,25-28H,8-9,15-17H2,1-4H3/t25-,26-,27-,28-/m1/s1. The third-order valence-electron chi connectivity index (χ3n) is 7.89. The molecule has 1 saturated heterocycles. The lowest BCUT2D eigenvalue weighted by molar-refractivity contribution is -0.178. The highest BCUT2D eigenvalue weighted by atomic mass is 35.5. The average molecular weight is 605 g/mol. The summed E-state index contributed by atoms with van der Waals surface area (Å²) in [6, 6.07) is 13.7. The molecule has 10 heteroatoms. The number of nitrogens with zero attached hydrogens (tertiary/aromatic N) is 3. The van der Waals surface area contributed by atoms with Gasteiger partial charge in [-0.25, -0.2) is 13.4 Å². The minimum Gasteiger partial charge on any atom is -0.358 e. The number of rotatable bonds is 8. The minimum atomic E-state index is -3.54. The van der Waals surface area contributed by atoms with Crippen molar-refractivity contribution in [3.05, 3.63) is 69.7 Å². The number of benzene rings is 2. The second-order valence-corrected chi connectivity index (χ2v) is 15.5. The van der Waals surface area contributed by atoms with Crippen LogP contribution < -0.4 is 0 Å². The third-order valence-corrected chi connectivity index (χ3v) is 11.0. The third kappa shape index (κ3) is 6.15. The summed E-state index contributed by atoms with van der Waals surface area (Å²) in [5.41, 5.74) is 2.40. The molecule has 2 aliphatic heterocycles. The molecule has 1 saturated carbocycles. The normalized spacial score (nSPS) is 24.6. The molecule has 0 unspecified atom stereocenters. The van der Waals surface area contributed by atoms with Crippen LogP contribution in [-0.2, 0) is 19.4 Å². The number of aliphatic imine (C=N–C) groups is 2. The van der Waals surface area contributed by atoms with Crippen molar-refractivity contribution in [2.75, 3.05) is 12.3 Å². The number of amidine groups is 1. The Morgan fingerprint density at radius 1 is 1.05 bits per heavy atom. The van der Waals surface area contributed by atoms with Crippen molar-refractivity contribution in [1.82, 2.24) is 4.90 Å². The topological polar surface area (TPSA) is 88.4 Å². The number of hydrogen-bond acceptors (Lipinski definition) is 6. The smallest absolute Gasteiger partial charge is 0.253 e. The molecule has 4 atom stereocenters. The predicted octanol–water partition coefficient (Wildman–Crippen LogP) is 6.26. The Balaban J connectivity index is 1.64. The van der Waals surface area contributed by atoms with E-state index in [0.29, 0.717) is 22.4 Å². The molecule has 0 spiro atoms. The maximum absolute atomic E-state index is 14.5. The molecule has 0 radical (unpaired) electrons. The second kappa shape index (κ2) is 11.2. The molecule has 2 aromatic carbocycles. The fourth-order valence-corrected chi connectivity index (χ4v) is 7.14. The minimum absolute atomic E-state index is 0.0871. The molecular weight excluding hydrogens is 569 g/mol. The van der Waals surface area contributed by atoms with Crippen molar-refractivity contribution < 1.29 is 17.9 Å². The van der Waals surface area contributed by atoms with E-state index in [1.165, 1.54) is 0 Å². The van der Waals surface area contributed by atoms with Crippen molar-refractivity contribution in [2.45, 2.75) is 76.0 Å². The zero-order valence-electron chi connectivity index (χ0n) is 23.2. The molecule has 3 aliphatic rings. The van der Waals surface area contributed by atoms with Crippen LogP contribution in [0.4, 0.5) is 0 Å². The molecule has 5 rings (SSSR count). The SMILES string of the molecule is CC1=NCC(C[C@H]2O[C@H](c3cccc(Cl)c3)[C@@H](c3ccc(Cl)cc3)N([C@H](CS(=O)(=O)C(C)(C)C)C3CC3)C2=O)=N1. The van der Waals surface area contributed by atoms with E-state index in [4.69, 9.17) is 27.9 Å². The predicted molar refractivity (Wildman–Crippen MR) is 160 cm³/mol. The van der Waals surface area contributed by atoms with Gasteiger partial charge in [-0.05, 0) is 81.8 Å². The van der Waals surface area contributed by atoms with Gasteiger partial charge in [-0.1, -0.05) is 47.5 Å². The number of sulfone groups is 1. The molecule has 40 heavy (non-hydrogen) atoms. The highest BCUT2D eigenvalue weighted by molar-refractivity contribution is 7.92. The van der Waals surface area contributed by atoms with Crippen LogP contribution in [-0.4, -0.2) is 60.0 Å². The van der Waals surface area contributed by atoms with Crippen molar-refractivity contribution in [1.29, 1.82) is 0 Å². The van der Waals surface area contributed by atoms with Crippen LogP contribution in [0.15, 0.2) is 58.5 Å². The Kier molecular flexibility index (Phi) is 8.18. The van der Waals surface area contributed by atoms with Gasteiger partial charge in [0.25, 0.3) is 5.91 Å². The molecule has 0 bridgehead atoms. The van der Waals surface area contributed by atoms with Crippen LogP contribution in [0.1, 0.15) is 70.2 Å². The molecule has 2 fully saturated rings. The molecule has 7 nitrogen and oxygen atoms in total. The monoisotopic (exact) mass is 603 g/mol. The molecule has 1 amide bonds. The van der Waals surface area contributed by atoms with Gasteiger partial charge >= 0.3 is 0 Å². The Hall–Kier alpha value is -2.26. The van der Waals surface area contributed by atoms with E-state index in [1.807, 2.05) is 42.2 Å². The zero-order chi connectivity index (χ0) is 28.8. The van der Waals surface area contributed by atoms with Gasteiger partial charge in [0, 0.05) is 28.2 Å². The van der Waals surface area contributed by atoms with Crippen molar-refractivity contribution >= 4 is 50.5 Å². The maximum atomic E-state index is 14.5. The number of carbonyl (C=O) groups is 1. The molecule has 2 heterocycles.